The number of fused-ring (bicyclic) bond motifs is 1. The highest BCUT2D eigenvalue weighted by molar-refractivity contribution is 9.10. The normalized spacial score (nSPS) is 10.7. The first-order chi connectivity index (χ1) is 14.1. The molecule has 0 aliphatic carbocycles. The van der Waals surface area contributed by atoms with Crippen molar-refractivity contribution in [2.45, 2.75) is 6.54 Å². The zero-order valence-corrected chi connectivity index (χ0v) is 17.3. The molecule has 0 atom stereocenters. The molecule has 0 saturated carbocycles. The van der Waals surface area contributed by atoms with Gasteiger partial charge in [-0.3, -0.25) is 19.7 Å². The van der Waals surface area contributed by atoms with Crippen molar-refractivity contribution in [2.75, 3.05) is 17.3 Å². The third kappa shape index (κ3) is 4.25. The van der Waals surface area contributed by atoms with Gasteiger partial charge in [-0.15, -0.1) is 0 Å². The van der Waals surface area contributed by atoms with Crippen molar-refractivity contribution in [3.05, 3.63) is 88.9 Å². The van der Waals surface area contributed by atoms with E-state index < -0.39 is 0 Å². The van der Waals surface area contributed by atoms with Gasteiger partial charge in [0, 0.05) is 54.1 Å². The number of aromatic nitrogens is 3. The lowest BCUT2D eigenvalue weighted by Crippen LogP contribution is -2.26. The van der Waals surface area contributed by atoms with E-state index >= 15 is 0 Å². The van der Waals surface area contributed by atoms with E-state index in [1.807, 2.05) is 36.4 Å². The predicted octanol–water partition coefficient (Wildman–Crippen LogP) is 4.68. The third-order valence-corrected chi connectivity index (χ3v) is 5.02. The van der Waals surface area contributed by atoms with Gasteiger partial charge < -0.3 is 10.2 Å². The van der Waals surface area contributed by atoms with Crippen LogP contribution in [0.3, 0.4) is 0 Å². The molecule has 1 amide bonds. The quantitative estimate of drug-likeness (QED) is 0.480. The summed E-state index contributed by atoms with van der Waals surface area (Å²) in [5.41, 5.74) is 5.12. The van der Waals surface area contributed by atoms with Crippen molar-refractivity contribution in [3.8, 4) is 0 Å². The summed E-state index contributed by atoms with van der Waals surface area (Å²) in [6, 6.07) is 15.2. The average Bonchev–Trinajstić information content (AvgIpc) is 2.77. The van der Waals surface area contributed by atoms with E-state index in [1.165, 1.54) is 0 Å². The van der Waals surface area contributed by atoms with Gasteiger partial charge in [0.1, 0.15) is 5.52 Å². The minimum absolute atomic E-state index is 0.0706. The number of benzene rings is 1. The van der Waals surface area contributed by atoms with Crippen LogP contribution in [0.15, 0.2) is 77.8 Å². The Morgan fingerprint density at radius 1 is 1.03 bits per heavy atom. The van der Waals surface area contributed by atoms with Gasteiger partial charge in [-0.2, -0.15) is 0 Å². The van der Waals surface area contributed by atoms with Gasteiger partial charge in [-0.05, 0) is 57.9 Å². The summed E-state index contributed by atoms with van der Waals surface area (Å²) in [6.45, 7) is 0.638. The number of hydrogen-bond donors (Lipinski definition) is 1. The first-order valence-electron chi connectivity index (χ1n) is 9.03. The third-order valence-electron chi connectivity index (χ3n) is 4.58. The largest absolute Gasteiger partial charge is 0.379 e. The van der Waals surface area contributed by atoms with Crippen molar-refractivity contribution in [2.24, 2.45) is 0 Å². The molecule has 144 valence electrons. The second-order valence-electron chi connectivity index (χ2n) is 6.50. The molecule has 0 fully saturated rings. The van der Waals surface area contributed by atoms with Crippen molar-refractivity contribution in [1.29, 1.82) is 0 Å². The Labute approximate surface area is 176 Å². The maximum Gasteiger partial charge on any atom is 0.258 e. The van der Waals surface area contributed by atoms with Gasteiger partial charge in [0.15, 0.2) is 0 Å². The topological polar surface area (TPSA) is 71.0 Å². The summed E-state index contributed by atoms with van der Waals surface area (Å²) in [5.74, 6) is -0.0706. The highest BCUT2D eigenvalue weighted by Gasteiger charge is 2.13. The maximum absolute atomic E-state index is 12.6. The van der Waals surface area contributed by atoms with Crippen LogP contribution >= 0.6 is 15.9 Å². The molecule has 0 saturated heterocycles. The standard InChI is InChI=1S/C22H18BrN5O/c1-28(22(29)16-6-9-24-10-7-16)18-4-2-15(3-5-18)13-26-19-8-11-25-20-12-17(23)14-27-21(19)20/h2-12,14H,13H2,1H3,(H,25,26). The predicted molar refractivity (Wildman–Crippen MR) is 118 cm³/mol. The van der Waals surface area contributed by atoms with Crippen LogP contribution in [-0.4, -0.2) is 27.9 Å². The van der Waals surface area contributed by atoms with Gasteiger partial charge in [0.05, 0.1) is 11.2 Å². The van der Waals surface area contributed by atoms with Crippen molar-refractivity contribution < 1.29 is 4.79 Å². The Morgan fingerprint density at radius 3 is 2.55 bits per heavy atom. The molecule has 0 unspecified atom stereocenters. The van der Waals surface area contributed by atoms with E-state index in [2.05, 4.69) is 36.2 Å². The summed E-state index contributed by atoms with van der Waals surface area (Å²) >= 11 is 3.42. The fourth-order valence-electron chi connectivity index (χ4n) is 2.99. The van der Waals surface area contributed by atoms with Gasteiger partial charge in [-0.25, -0.2) is 0 Å². The Bertz CT molecular complexity index is 1150. The zero-order valence-electron chi connectivity index (χ0n) is 15.7. The van der Waals surface area contributed by atoms with E-state index in [1.54, 1.807) is 48.9 Å². The Morgan fingerprint density at radius 2 is 1.79 bits per heavy atom. The van der Waals surface area contributed by atoms with E-state index in [0.29, 0.717) is 12.1 Å². The first-order valence-corrected chi connectivity index (χ1v) is 9.82. The van der Waals surface area contributed by atoms with Crippen LogP contribution in [-0.2, 0) is 6.54 Å². The molecule has 0 aliphatic rings. The second kappa shape index (κ2) is 8.36. The number of nitrogens with one attached hydrogen (secondary N) is 1. The number of rotatable bonds is 5. The van der Waals surface area contributed by atoms with E-state index in [9.17, 15) is 4.79 Å². The SMILES string of the molecule is CN(C(=O)c1ccncc1)c1ccc(CNc2ccnc3cc(Br)cnc23)cc1. The molecule has 4 rings (SSSR count). The van der Waals surface area contributed by atoms with Gasteiger partial charge in [-0.1, -0.05) is 12.1 Å². The Kier molecular flexibility index (Phi) is 5.48. The van der Waals surface area contributed by atoms with Crippen LogP contribution < -0.4 is 10.2 Å². The molecule has 0 spiro atoms. The van der Waals surface area contributed by atoms with Crippen LogP contribution in [0.2, 0.25) is 0 Å². The summed E-state index contributed by atoms with van der Waals surface area (Å²) < 4.78 is 0.899. The number of carbonyl (C=O) groups excluding carboxylic acids is 1. The highest BCUT2D eigenvalue weighted by atomic mass is 79.9. The smallest absolute Gasteiger partial charge is 0.258 e. The van der Waals surface area contributed by atoms with Crippen LogP contribution in [0.25, 0.3) is 11.0 Å². The number of amides is 1. The zero-order chi connectivity index (χ0) is 20.2. The fourth-order valence-corrected chi connectivity index (χ4v) is 3.31. The van der Waals surface area contributed by atoms with Crippen molar-refractivity contribution in [1.82, 2.24) is 15.0 Å². The van der Waals surface area contributed by atoms with Gasteiger partial charge in [0.2, 0.25) is 0 Å². The molecule has 3 aromatic heterocycles. The van der Waals surface area contributed by atoms with Crippen molar-refractivity contribution in [3.63, 3.8) is 0 Å². The van der Waals surface area contributed by atoms with Gasteiger partial charge >= 0.3 is 0 Å². The van der Waals surface area contributed by atoms with Crippen LogP contribution in [0.1, 0.15) is 15.9 Å². The number of carbonyl (C=O) groups is 1. The molecule has 3 heterocycles. The lowest BCUT2D eigenvalue weighted by molar-refractivity contribution is 0.0993. The molecule has 0 aliphatic heterocycles. The van der Waals surface area contributed by atoms with E-state index in [4.69, 9.17) is 0 Å². The molecule has 0 bridgehead atoms. The highest BCUT2D eigenvalue weighted by Crippen LogP contribution is 2.23. The molecule has 0 radical (unpaired) electrons. The van der Waals surface area contributed by atoms with Crippen LogP contribution in [0.5, 0.6) is 0 Å². The molecular formula is C22H18BrN5O. The lowest BCUT2D eigenvalue weighted by atomic mass is 10.1. The first kappa shape index (κ1) is 19.0. The summed E-state index contributed by atoms with van der Waals surface area (Å²) in [4.78, 5) is 27.0. The Balaban J connectivity index is 1.46. The molecule has 4 aromatic rings. The summed E-state index contributed by atoms with van der Waals surface area (Å²) in [6.07, 6.45) is 6.76. The molecule has 1 aromatic carbocycles. The number of anilines is 2. The van der Waals surface area contributed by atoms with Crippen molar-refractivity contribution >= 4 is 44.2 Å². The minimum atomic E-state index is -0.0706. The monoisotopic (exact) mass is 447 g/mol. The summed E-state index contributed by atoms with van der Waals surface area (Å²) in [7, 11) is 1.77. The van der Waals surface area contributed by atoms with Crippen LogP contribution in [0, 0.1) is 0 Å². The van der Waals surface area contributed by atoms with E-state index in [0.717, 1.165) is 32.4 Å². The van der Waals surface area contributed by atoms with Gasteiger partial charge in [0.25, 0.3) is 5.91 Å². The average molecular weight is 448 g/mol. The molecule has 1 N–H and O–H groups in total. The number of pyridine rings is 3. The molecule has 7 heteroatoms. The molecule has 29 heavy (non-hydrogen) atoms. The lowest BCUT2D eigenvalue weighted by Gasteiger charge is -2.18. The summed E-state index contributed by atoms with van der Waals surface area (Å²) in [5, 5.41) is 3.42. The molecule has 6 nitrogen and oxygen atoms in total. The van der Waals surface area contributed by atoms with Crippen LogP contribution in [0.4, 0.5) is 11.4 Å². The maximum atomic E-state index is 12.6. The number of nitrogens with zero attached hydrogens (tertiary/aromatic N) is 4. The fraction of sp³-hybridized carbons (Fsp3) is 0.0909. The number of hydrogen-bond acceptors (Lipinski definition) is 5. The van der Waals surface area contributed by atoms with E-state index in [-0.39, 0.29) is 5.91 Å². The second-order valence-corrected chi connectivity index (χ2v) is 7.42. The molecular weight excluding hydrogens is 430 g/mol. The number of halogens is 1. The minimum Gasteiger partial charge on any atom is -0.379 e. The Hall–Kier alpha value is -3.32.